The summed E-state index contributed by atoms with van der Waals surface area (Å²) in [7, 11) is 0. The molecule has 22 heavy (non-hydrogen) atoms. The van der Waals surface area contributed by atoms with Gasteiger partial charge in [0.2, 0.25) is 0 Å². The van der Waals surface area contributed by atoms with Gasteiger partial charge in [0.25, 0.3) is 0 Å². The highest BCUT2D eigenvalue weighted by Gasteiger charge is 2.05. The number of halogens is 1. The second kappa shape index (κ2) is 7.45. The third-order valence-electron chi connectivity index (χ3n) is 3.32. The first-order chi connectivity index (χ1) is 10.6. The molecule has 2 aromatic carbocycles. The minimum Gasteiger partial charge on any atom is -0.492 e. The minimum absolute atomic E-state index is 0.281. The SMILES string of the molecule is Cc1cccc(NC(=O)NCCOc2ccc(F)cc2)c1C. The Bertz CT molecular complexity index is 642. The van der Waals surface area contributed by atoms with Crippen molar-refractivity contribution in [1.29, 1.82) is 0 Å². The van der Waals surface area contributed by atoms with Crippen LogP contribution in [-0.2, 0) is 0 Å². The highest BCUT2D eigenvalue weighted by molar-refractivity contribution is 5.90. The van der Waals surface area contributed by atoms with Crippen molar-refractivity contribution in [3.63, 3.8) is 0 Å². The Hall–Kier alpha value is -2.56. The fraction of sp³-hybridized carbons (Fsp3) is 0.235. The third kappa shape index (κ3) is 4.48. The third-order valence-corrected chi connectivity index (χ3v) is 3.32. The maximum absolute atomic E-state index is 12.7. The molecule has 0 atom stereocenters. The number of rotatable bonds is 5. The Morgan fingerprint density at radius 3 is 2.59 bits per heavy atom. The molecule has 0 heterocycles. The fourth-order valence-electron chi connectivity index (χ4n) is 1.92. The van der Waals surface area contributed by atoms with Crippen molar-refractivity contribution in [3.8, 4) is 5.75 Å². The van der Waals surface area contributed by atoms with Crippen LogP contribution in [0.2, 0.25) is 0 Å². The molecule has 0 fully saturated rings. The Balaban J connectivity index is 1.74. The van der Waals surface area contributed by atoms with Crippen LogP contribution in [0, 0.1) is 19.7 Å². The predicted octanol–water partition coefficient (Wildman–Crippen LogP) is 3.64. The number of nitrogens with one attached hydrogen (secondary N) is 2. The number of carbonyl (C=O) groups is 1. The molecule has 116 valence electrons. The highest BCUT2D eigenvalue weighted by Crippen LogP contribution is 2.17. The summed E-state index contributed by atoms with van der Waals surface area (Å²) in [6.07, 6.45) is 0. The lowest BCUT2D eigenvalue weighted by Crippen LogP contribution is -2.32. The number of carbonyl (C=O) groups excluding carboxylic acids is 1. The molecule has 2 rings (SSSR count). The summed E-state index contributed by atoms with van der Waals surface area (Å²) >= 11 is 0. The molecule has 0 unspecified atom stereocenters. The zero-order chi connectivity index (χ0) is 15.9. The van der Waals surface area contributed by atoms with Crippen molar-refractivity contribution in [3.05, 3.63) is 59.4 Å². The van der Waals surface area contributed by atoms with Gasteiger partial charge < -0.3 is 15.4 Å². The Morgan fingerprint density at radius 1 is 1.14 bits per heavy atom. The zero-order valence-corrected chi connectivity index (χ0v) is 12.7. The zero-order valence-electron chi connectivity index (χ0n) is 12.7. The quantitative estimate of drug-likeness (QED) is 0.828. The Morgan fingerprint density at radius 2 is 1.86 bits per heavy atom. The van der Waals surface area contributed by atoms with Crippen LogP contribution in [0.5, 0.6) is 5.75 Å². The molecule has 5 heteroatoms. The molecule has 0 aliphatic rings. The summed E-state index contributed by atoms with van der Waals surface area (Å²) in [4.78, 5) is 11.8. The van der Waals surface area contributed by atoms with Crippen molar-refractivity contribution in [2.24, 2.45) is 0 Å². The molecular formula is C17H19FN2O2. The van der Waals surface area contributed by atoms with Gasteiger partial charge in [0, 0.05) is 5.69 Å². The van der Waals surface area contributed by atoms with Crippen LogP contribution in [0.3, 0.4) is 0 Å². The van der Waals surface area contributed by atoms with E-state index >= 15 is 0 Å². The van der Waals surface area contributed by atoms with E-state index in [1.807, 2.05) is 32.0 Å². The first-order valence-electron chi connectivity index (χ1n) is 7.05. The number of benzene rings is 2. The van der Waals surface area contributed by atoms with Crippen molar-refractivity contribution >= 4 is 11.7 Å². The molecule has 0 saturated heterocycles. The Kier molecular flexibility index (Phi) is 5.36. The summed E-state index contributed by atoms with van der Waals surface area (Å²) in [6, 6.07) is 11.2. The maximum Gasteiger partial charge on any atom is 0.319 e. The molecule has 2 amide bonds. The summed E-state index contributed by atoms with van der Waals surface area (Å²) < 4.78 is 18.1. The standard InChI is InChI=1S/C17H19FN2O2/c1-12-4-3-5-16(13(12)2)20-17(21)19-10-11-22-15-8-6-14(18)7-9-15/h3-9H,10-11H2,1-2H3,(H2,19,20,21). The first-order valence-corrected chi connectivity index (χ1v) is 7.05. The van der Waals surface area contributed by atoms with E-state index in [1.165, 1.54) is 12.1 Å². The van der Waals surface area contributed by atoms with Crippen LogP contribution in [0.4, 0.5) is 14.9 Å². The largest absolute Gasteiger partial charge is 0.492 e. The topological polar surface area (TPSA) is 50.4 Å². The van der Waals surface area contributed by atoms with Gasteiger partial charge in [-0.15, -0.1) is 0 Å². The molecule has 2 aromatic rings. The van der Waals surface area contributed by atoms with Crippen LogP contribution < -0.4 is 15.4 Å². The minimum atomic E-state index is -0.307. The van der Waals surface area contributed by atoms with E-state index in [-0.39, 0.29) is 11.8 Å². The van der Waals surface area contributed by atoms with Crippen LogP contribution in [0.1, 0.15) is 11.1 Å². The summed E-state index contributed by atoms with van der Waals surface area (Å²) in [5, 5.41) is 5.51. The summed E-state index contributed by atoms with van der Waals surface area (Å²) in [5.41, 5.74) is 2.95. The molecule has 0 aromatic heterocycles. The average Bonchev–Trinajstić information content (AvgIpc) is 2.50. The molecule has 0 bridgehead atoms. The number of anilines is 1. The van der Waals surface area contributed by atoms with E-state index in [0.717, 1.165) is 16.8 Å². The monoisotopic (exact) mass is 302 g/mol. The molecule has 4 nitrogen and oxygen atoms in total. The molecule has 0 saturated carbocycles. The van der Waals surface area contributed by atoms with E-state index < -0.39 is 0 Å². The van der Waals surface area contributed by atoms with Gasteiger partial charge in [-0.1, -0.05) is 12.1 Å². The van der Waals surface area contributed by atoms with E-state index in [2.05, 4.69) is 10.6 Å². The van der Waals surface area contributed by atoms with Crippen LogP contribution in [0.25, 0.3) is 0 Å². The van der Waals surface area contributed by atoms with Crippen molar-refractivity contribution < 1.29 is 13.9 Å². The lowest BCUT2D eigenvalue weighted by molar-refractivity contribution is 0.247. The van der Waals surface area contributed by atoms with E-state index in [4.69, 9.17) is 4.74 Å². The molecule has 0 aliphatic carbocycles. The van der Waals surface area contributed by atoms with Gasteiger partial charge in [-0.25, -0.2) is 9.18 Å². The number of ether oxygens (including phenoxy) is 1. The van der Waals surface area contributed by atoms with E-state index in [9.17, 15) is 9.18 Å². The van der Waals surface area contributed by atoms with E-state index in [0.29, 0.717) is 18.9 Å². The second-order valence-corrected chi connectivity index (χ2v) is 4.93. The van der Waals surface area contributed by atoms with Gasteiger partial charge in [-0.3, -0.25) is 0 Å². The van der Waals surface area contributed by atoms with Crippen molar-refractivity contribution in [2.45, 2.75) is 13.8 Å². The normalized spacial score (nSPS) is 10.1. The predicted molar refractivity (Wildman–Crippen MR) is 84.8 cm³/mol. The molecule has 0 aliphatic heterocycles. The van der Waals surface area contributed by atoms with Crippen molar-refractivity contribution in [1.82, 2.24) is 5.32 Å². The van der Waals surface area contributed by atoms with Gasteiger partial charge in [0.05, 0.1) is 6.54 Å². The molecule has 0 spiro atoms. The van der Waals surface area contributed by atoms with Crippen LogP contribution >= 0.6 is 0 Å². The number of urea groups is 1. The second-order valence-electron chi connectivity index (χ2n) is 4.93. The number of aryl methyl sites for hydroxylation is 1. The van der Waals surface area contributed by atoms with Gasteiger partial charge in [0.1, 0.15) is 18.2 Å². The number of hydrogen-bond donors (Lipinski definition) is 2. The van der Waals surface area contributed by atoms with Crippen molar-refractivity contribution in [2.75, 3.05) is 18.5 Å². The fourth-order valence-corrected chi connectivity index (χ4v) is 1.92. The molecule has 0 radical (unpaired) electrons. The summed E-state index contributed by atoms with van der Waals surface area (Å²) in [6.45, 7) is 4.62. The molecular weight excluding hydrogens is 283 g/mol. The maximum atomic E-state index is 12.7. The van der Waals surface area contributed by atoms with Gasteiger partial charge >= 0.3 is 6.03 Å². The van der Waals surface area contributed by atoms with E-state index in [1.54, 1.807) is 12.1 Å². The van der Waals surface area contributed by atoms with Gasteiger partial charge in [-0.05, 0) is 55.3 Å². The van der Waals surface area contributed by atoms with Gasteiger partial charge in [0.15, 0.2) is 0 Å². The lowest BCUT2D eigenvalue weighted by atomic mass is 10.1. The lowest BCUT2D eigenvalue weighted by Gasteiger charge is -2.12. The first kappa shape index (κ1) is 15.8. The highest BCUT2D eigenvalue weighted by atomic mass is 19.1. The van der Waals surface area contributed by atoms with Crippen LogP contribution in [0.15, 0.2) is 42.5 Å². The number of hydrogen-bond acceptors (Lipinski definition) is 2. The van der Waals surface area contributed by atoms with Crippen LogP contribution in [-0.4, -0.2) is 19.2 Å². The average molecular weight is 302 g/mol. The number of amides is 2. The summed E-state index contributed by atoms with van der Waals surface area (Å²) in [5.74, 6) is 0.261. The Labute approximate surface area is 129 Å². The molecule has 2 N–H and O–H groups in total. The smallest absolute Gasteiger partial charge is 0.319 e. The van der Waals surface area contributed by atoms with Gasteiger partial charge in [-0.2, -0.15) is 0 Å².